The fourth-order valence-electron chi connectivity index (χ4n) is 1.85. The van der Waals surface area contributed by atoms with Gasteiger partial charge in [-0.1, -0.05) is 19.1 Å². The van der Waals surface area contributed by atoms with E-state index in [2.05, 4.69) is 31.3 Å². The highest BCUT2D eigenvalue weighted by Gasteiger charge is 2.18. The summed E-state index contributed by atoms with van der Waals surface area (Å²) in [4.78, 5) is 0. The number of benzene rings is 1. The zero-order chi connectivity index (χ0) is 12.1. The third-order valence-electron chi connectivity index (χ3n) is 3.04. The lowest BCUT2D eigenvalue weighted by Crippen LogP contribution is -2.46. The molecular formula is C14H21NO2. The summed E-state index contributed by atoms with van der Waals surface area (Å²) in [6.45, 7) is 6.53. The van der Waals surface area contributed by atoms with Crippen molar-refractivity contribution in [3.63, 3.8) is 0 Å². The van der Waals surface area contributed by atoms with Gasteiger partial charge >= 0.3 is 0 Å². The van der Waals surface area contributed by atoms with Gasteiger partial charge in [-0.3, -0.25) is 0 Å². The molecule has 2 rings (SSSR count). The van der Waals surface area contributed by atoms with Gasteiger partial charge in [0.25, 0.3) is 0 Å². The van der Waals surface area contributed by atoms with Crippen LogP contribution in [0.5, 0.6) is 5.75 Å². The molecule has 94 valence electrons. The van der Waals surface area contributed by atoms with Crippen LogP contribution in [0.15, 0.2) is 24.3 Å². The van der Waals surface area contributed by atoms with Gasteiger partial charge < -0.3 is 14.8 Å². The van der Waals surface area contributed by atoms with Crippen LogP contribution >= 0.6 is 0 Å². The van der Waals surface area contributed by atoms with Crippen molar-refractivity contribution in [2.75, 3.05) is 19.8 Å². The van der Waals surface area contributed by atoms with E-state index in [1.165, 1.54) is 5.56 Å². The van der Waals surface area contributed by atoms with Crippen LogP contribution in [0.2, 0.25) is 0 Å². The smallest absolute Gasteiger partial charge is 0.119 e. The zero-order valence-electron chi connectivity index (χ0n) is 10.6. The van der Waals surface area contributed by atoms with Gasteiger partial charge in [-0.15, -0.1) is 0 Å². The minimum Gasteiger partial charge on any atom is -0.491 e. The van der Waals surface area contributed by atoms with Gasteiger partial charge in [-0.05, 0) is 31.0 Å². The Balaban J connectivity index is 1.77. The van der Waals surface area contributed by atoms with Gasteiger partial charge in [0, 0.05) is 12.6 Å². The molecule has 1 aliphatic rings. The minimum atomic E-state index is 0.164. The number of nitrogens with one attached hydrogen (secondary N) is 1. The highest BCUT2D eigenvalue weighted by Crippen LogP contribution is 2.13. The van der Waals surface area contributed by atoms with Crippen molar-refractivity contribution in [3.05, 3.63) is 29.8 Å². The first-order valence-electron chi connectivity index (χ1n) is 6.34. The van der Waals surface area contributed by atoms with Crippen LogP contribution in [0.4, 0.5) is 0 Å². The maximum atomic E-state index is 5.72. The molecule has 1 aliphatic heterocycles. The maximum Gasteiger partial charge on any atom is 0.119 e. The van der Waals surface area contributed by atoms with Crippen LogP contribution in [-0.4, -0.2) is 31.9 Å². The average molecular weight is 235 g/mol. The molecule has 0 aromatic heterocycles. The van der Waals surface area contributed by atoms with E-state index in [0.717, 1.165) is 25.3 Å². The molecule has 1 fully saturated rings. The summed E-state index contributed by atoms with van der Waals surface area (Å²) >= 11 is 0. The highest BCUT2D eigenvalue weighted by molar-refractivity contribution is 5.27. The molecule has 0 saturated carbocycles. The van der Waals surface area contributed by atoms with E-state index in [0.29, 0.717) is 12.6 Å². The summed E-state index contributed by atoms with van der Waals surface area (Å²) in [6, 6.07) is 8.72. The molecular weight excluding hydrogens is 214 g/mol. The fourth-order valence-corrected chi connectivity index (χ4v) is 1.85. The molecule has 17 heavy (non-hydrogen) atoms. The van der Waals surface area contributed by atoms with Crippen molar-refractivity contribution in [1.29, 1.82) is 0 Å². The molecule has 3 nitrogen and oxygen atoms in total. The van der Waals surface area contributed by atoms with Crippen molar-refractivity contribution >= 4 is 0 Å². The molecule has 2 unspecified atom stereocenters. The summed E-state index contributed by atoms with van der Waals surface area (Å²) in [5.74, 6) is 0.921. The van der Waals surface area contributed by atoms with Crippen molar-refractivity contribution in [3.8, 4) is 5.75 Å². The van der Waals surface area contributed by atoms with Gasteiger partial charge in [0.2, 0.25) is 0 Å². The highest BCUT2D eigenvalue weighted by atomic mass is 16.5. The van der Waals surface area contributed by atoms with Gasteiger partial charge in [0.15, 0.2) is 0 Å². The van der Waals surface area contributed by atoms with Crippen molar-refractivity contribution < 1.29 is 9.47 Å². The number of ether oxygens (including phenoxy) is 2. The van der Waals surface area contributed by atoms with Gasteiger partial charge in [0.05, 0.1) is 6.61 Å². The Morgan fingerprint density at radius 3 is 2.71 bits per heavy atom. The Bertz CT molecular complexity index is 329. The van der Waals surface area contributed by atoms with E-state index < -0.39 is 0 Å². The van der Waals surface area contributed by atoms with E-state index in [1.54, 1.807) is 0 Å². The lowest BCUT2D eigenvalue weighted by molar-refractivity contribution is -0.0165. The summed E-state index contributed by atoms with van der Waals surface area (Å²) in [6.07, 6.45) is 1.23. The van der Waals surface area contributed by atoms with Crippen molar-refractivity contribution in [1.82, 2.24) is 5.32 Å². The normalized spacial score (nSPS) is 24.6. The SMILES string of the molecule is CCc1ccc(OCC2CNC(C)CO2)cc1. The molecule has 1 heterocycles. The molecule has 0 amide bonds. The molecule has 0 radical (unpaired) electrons. The predicted octanol–water partition coefficient (Wildman–Crippen LogP) is 2.00. The molecule has 0 bridgehead atoms. The molecule has 0 spiro atoms. The average Bonchev–Trinajstić information content (AvgIpc) is 2.39. The summed E-state index contributed by atoms with van der Waals surface area (Å²) in [5.41, 5.74) is 1.33. The number of hydrogen-bond acceptors (Lipinski definition) is 3. The number of hydrogen-bond donors (Lipinski definition) is 1. The topological polar surface area (TPSA) is 30.5 Å². The summed E-state index contributed by atoms with van der Waals surface area (Å²) in [7, 11) is 0. The quantitative estimate of drug-likeness (QED) is 0.866. The summed E-state index contributed by atoms with van der Waals surface area (Å²) < 4.78 is 11.4. The predicted molar refractivity (Wildman–Crippen MR) is 68.5 cm³/mol. The lowest BCUT2D eigenvalue weighted by Gasteiger charge is -2.28. The largest absolute Gasteiger partial charge is 0.491 e. The van der Waals surface area contributed by atoms with E-state index in [-0.39, 0.29) is 6.10 Å². The third-order valence-corrected chi connectivity index (χ3v) is 3.04. The Hall–Kier alpha value is -1.06. The van der Waals surface area contributed by atoms with Gasteiger partial charge in [0.1, 0.15) is 18.5 Å². The molecule has 3 heteroatoms. The van der Waals surface area contributed by atoms with Crippen LogP contribution < -0.4 is 10.1 Å². The van der Waals surface area contributed by atoms with Gasteiger partial charge in [-0.25, -0.2) is 0 Å². The number of rotatable bonds is 4. The third kappa shape index (κ3) is 3.72. The molecule has 1 aromatic rings. The number of aryl methyl sites for hydroxylation is 1. The number of morpholine rings is 1. The minimum absolute atomic E-state index is 0.164. The van der Waals surface area contributed by atoms with Crippen molar-refractivity contribution in [2.45, 2.75) is 32.4 Å². The molecule has 0 aliphatic carbocycles. The van der Waals surface area contributed by atoms with E-state index in [4.69, 9.17) is 9.47 Å². The van der Waals surface area contributed by atoms with Crippen molar-refractivity contribution in [2.24, 2.45) is 0 Å². The Labute approximate surface area is 103 Å². The first-order valence-corrected chi connectivity index (χ1v) is 6.34. The standard InChI is InChI=1S/C14H21NO2/c1-3-12-4-6-13(7-5-12)17-10-14-8-15-11(2)9-16-14/h4-7,11,14-15H,3,8-10H2,1-2H3. The molecule has 2 atom stereocenters. The second kappa shape index (κ2) is 6.03. The van der Waals surface area contributed by atoms with Crippen LogP contribution in [-0.2, 0) is 11.2 Å². The first-order chi connectivity index (χ1) is 8.28. The second-order valence-electron chi connectivity index (χ2n) is 4.57. The van der Waals surface area contributed by atoms with Gasteiger partial charge in [-0.2, -0.15) is 0 Å². The molecule has 1 N–H and O–H groups in total. The van der Waals surface area contributed by atoms with E-state index in [1.807, 2.05) is 12.1 Å². The Morgan fingerprint density at radius 2 is 2.12 bits per heavy atom. The second-order valence-corrected chi connectivity index (χ2v) is 4.57. The maximum absolute atomic E-state index is 5.72. The summed E-state index contributed by atoms with van der Waals surface area (Å²) in [5, 5.41) is 3.38. The zero-order valence-corrected chi connectivity index (χ0v) is 10.6. The monoisotopic (exact) mass is 235 g/mol. The van der Waals surface area contributed by atoms with Crippen LogP contribution in [0, 0.1) is 0 Å². The Kier molecular flexibility index (Phi) is 4.40. The van der Waals surface area contributed by atoms with Crippen LogP contribution in [0.1, 0.15) is 19.4 Å². The molecule has 1 aromatic carbocycles. The fraction of sp³-hybridized carbons (Fsp3) is 0.571. The molecule has 1 saturated heterocycles. The van der Waals surface area contributed by atoms with E-state index in [9.17, 15) is 0 Å². The Morgan fingerprint density at radius 1 is 1.35 bits per heavy atom. The first kappa shape index (κ1) is 12.4. The van der Waals surface area contributed by atoms with Crippen LogP contribution in [0.3, 0.4) is 0 Å². The van der Waals surface area contributed by atoms with Crippen LogP contribution in [0.25, 0.3) is 0 Å². The van der Waals surface area contributed by atoms with E-state index >= 15 is 0 Å². The lowest BCUT2D eigenvalue weighted by atomic mass is 10.2.